The molecule has 0 bridgehead atoms. The fourth-order valence-electron chi connectivity index (χ4n) is 6.27. The maximum absolute atomic E-state index is 13.7. The van der Waals surface area contributed by atoms with E-state index in [1.54, 1.807) is 48.5 Å². The SMILES string of the molecule is O=S(=O)(Cc1nccc(-c2c(-c3cccc(Cl)c3)nn3cc(C(F)(F)F)ccc23)n1)Cc1nccc(-c2c(-c3cccc(Cl)c3)nn3cc(C(F)(F)F)ccc23)n1. The third-order valence-electron chi connectivity index (χ3n) is 8.73. The molecule has 19 heteroatoms. The lowest BCUT2D eigenvalue weighted by molar-refractivity contribution is -0.138. The fourth-order valence-corrected chi connectivity index (χ4v) is 7.82. The number of benzene rings is 2. The van der Waals surface area contributed by atoms with E-state index in [9.17, 15) is 34.8 Å². The molecule has 0 saturated heterocycles. The van der Waals surface area contributed by atoms with Crippen molar-refractivity contribution in [3.63, 3.8) is 0 Å². The van der Waals surface area contributed by atoms with Crippen molar-refractivity contribution in [3.8, 4) is 45.0 Å². The van der Waals surface area contributed by atoms with Gasteiger partial charge in [0.2, 0.25) is 0 Å². The lowest BCUT2D eigenvalue weighted by Crippen LogP contribution is -2.12. The van der Waals surface area contributed by atoms with Crippen LogP contribution in [-0.2, 0) is 33.7 Å². The molecule has 10 nitrogen and oxygen atoms in total. The van der Waals surface area contributed by atoms with E-state index in [0.717, 1.165) is 33.6 Å². The Morgan fingerprint density at radius 1 is 0.579 bits per heavy atom. The molecule has 0 aliphatic carbocycles. The molecule has 0 aliphatic rings. The van der Waals surface area contributed by atoms with Crippen LogP contribution in [0.5, 0.6) is 0 Å². The summed E-state index contributed by atoms with van der Waals surface area (Å²) in [6.45, 7) is 0. The lowest BCUT2D eigenvalue weighted by Gasteiger charge is -2.09. The Morgan fingerprint density at radius 3 is 1.39 bits per heavy atom. The van der Waals surface area contributed by atoms with Crippen LogP contribution in [0.15, 0.2) is 110 Å². The molecule has 0 aliphatic heterocycles. The molecule has 0 fully saturated rings. The van der Waals surface area contributed by atoms with Gasteiger partial charge in [0.15, 0.2) is 9.84 Å². The molecular formula is C38H22Cl2F6N8O2S. The molecule has 0 radical (unpaired) electrons. The van der Waals surface area contributed by atoms with Gasteiger partial charge in [-0.3, -0.25) is 0 Å². The summed E-state index contributed by atoms with van der Waals surface area (Å²) >= 11 is 12.5. The second-order valence-corrected chi connectivity index (χ2v) is 15.6. The monoisotopic (exact) mass is 838 g/mol. The summed E-state index contributed by atoms with van der Waals surface area (Å²) < 4.78 is 111. The van der Waals surface area contributed by atoms with E-state index in [4.69, 9.17) is 23.2 Å². The van der Waals surface area contributed by atoms with E-state index in [0.29, 0.717) is 32.3 Å². The van der Waals surface area contributed by atoms with Gasteiger partial charge in [-0.05, 0) is 60.7 Å². The first-order valence-electron chi connectivity index (χ1n) is 16.6. The fraction of sp³-hybridized carbons (Fsp3) is 0.105. The van der Waals surface area contributed by atoms with Crippen molar-refractivity contribution >= 4 is 44.1 Å². The molecule has 8 rings (SSSR count). The van der Waals surface area contributed by atoms with Crippen molar-refractivity contribution in [2.45, 2.75) is 23.9 Å². The van der Waals surface area contributed by atoms with Crippen LogP contribution >= 0.6 is 23.2 Å². The van der Waals surface area contributed by atoms with E-state index in [1.807, 2.05) is 0 Å². The number of hydrogen-bond acceptors (Lipinski definition) is 8. The Bertz CT molecular complexity index is 2780. The van der Waals surface area contributed by atoms with Crippen LogP contribution in [-0.4, -0.2) is 47.6 Å². The van der Waals surface area contributed by atoms with E-state index in [2.05, 4.69) is 30.1 Å². The first-order valence-corrected chi connectivity index (χ1v) is 19.2. The third-order valence-corrected chi connectivity index (χ3v) is 10.6. The zero-order valence-electron chi connectivity index (χ0n) is 28.6. The highest BCUT2D eigenvalue weighted by Gasteiger charge is 2.33. The zero-order chi connectivity index (χ0) is 40.3. The number of nitrogens with zero attached hydrogens (tertiary/aromatic N) is 8. The highest BCUT2D eigenvalue weighted by molar-refractivity contribution is 7.89. The molecule has 288 valence electrons. The summed E-state index contributed by atoms with van der Waals surface area (Å²) in [6, 6.07) is 20.4. The quantitative estimate of drug-likeness (QED) is 0.139. The molecule has 0 saturated carbocycles. The topological polar surface area (TPSA) is 120 Å². The van der Waals surface area contributed by atoms with Crippen LogP contribution in [0.3, 0.4) is 0 Å². The van der Waals surface area contributed by atoms with E-state index < -0.39 is 44.8 Å². The van der Waals surface area contributed by atoms with Gasteiger partial charge in [-0.1, -0.05) is 47.5 Å². The van der Waals surface area contributed by atoms with Crippen LogP contribution in [0.4, 0.5) is 26.3 Å². The summed E-state index contributed by atoms with van der Waals surface area (Å²) in [5, 5.41) is 9.56. The summed E-state index contributed by atoms with van der Waals surface area (Å²) in [5.41, 5.74) is 1.11. The summed E-state index contributed by atoms with van der Waals surface area (Å²) in [5.74, 6) is -1.61. The van der Waals surface area contributed by atoms with Crippen molar-refractivity contribution in [2.24, 2.45) is 0 Å². The van der Waals surface area contributed by atoms with Gasteiger partial charge in [0.05, 0.1) is 44.7 Å². The summed E-state index contributed by atoms with van der Waals surface area (Å²) in [6.07, 6.45) is -4.93. The molecule has 57 heavy (non-hydrogen) atoms. The van der Waals surface area contributed by atoms with E-state index >= 15 is 0 Å². The minimum Gasteiger partial charge on any atom is -0.240 e. The van der Waals surface area contributed by atoms with Crippen LogP contribution in [0.1, 0.15) is 22.8 Å². The normalized spacial score (nSPS) is 12.5. The number of sulfone groups is 1. The summed E-state index contributed by atoms with van der Waals surface area (Å²) in [4.78, 5) is 17.3. The predicted octanol–water partition coefficient (Wildman–Crippen LogP) is 9.69. The smallest absolute Gasteiger partial charge is 0.240 e. The molecule has 0 N–H and O–H groups in total. The second-order valence-electron chi connectivity index (χ2n) is 12.7. The highest BCUT2D eigenvalue weighted by Crippen LogP contribution is 2.39. The van der Waals surface area contributed by atoms with Crippen LogP contribution in [0.25, 0.3) is 56.1 Å². The van der Waals surface area contributed by atoms with Gasteiger partial charge in [-0.2, -0.15) is 36.5 Å². The number of alkyl halides is 6. The first kappa shape index (κ1) is 38.0. The van der Waals surface area contributed by atoms with Gasteiger partial charge >= 0.3 is 12.4 Å². The van der Waals surface area contributed by atoms with Gasteiger partial charge < -0.3 is 0 Å². The van der Waals surface area contributed by atoms with Crippen LogP contribution in [0, 0.1) is 0 Å². The minimum absolute atomic E-state index is 0.127. The maximum atomic E-state index is 13.7. The third kappa shape index (κ3) is 7.77. The Kier molecular flexibility index (Phi) is 9.49. The number of rotatable bonds is 8. The Hall–Kier alpha value is -5.91. The molecule has 6 aromatic heterocycles. The van der Waals surface area contributed by atoms with Gasteiger partial charge in [0, 0.05) is 46.0 Å². The molecule has 0 atom stereocenters. The zero-order valence-corrected chi connectivity index (χ0v) is 31.0. The predicted molar refractivity (Wildman–Crippen MR) is 200 cm³/mol. The van der Waals surface area contributed by atoms with Gasteiger partial charge in [0.1, 0.15) is 34.5 Å². The number of pyridine rings is 2. The highest BCUT2D eigenvalue weighted by atomic mass is 35.5. The average molecular weight is 840 g/mol. The number of fused-ring (bicyclic) bond motifs is 2. The maximum Gasteiger partial charge on any atom is 0.417 e. The molecular weight excluding hydrogens is 817 g/mol. The van der Waals surface area contributed by atoms with Crippen molar-refractivity contribution < 1.29 is 34.8 Å². The van der Waals surface area contributed by atoms with Crippen molar-refractivity contribution in [2.75, 3.05) is 0 Å². The average Bonchev–Trinajstić information content (AvgIpc) is 3.73. The molecule has 0 unspecified atom stereocenters. The first-order chi connectivity index (χ1) is 27.0. The number of aromatic nitrogens is 8. The number of halogens is 8. The van der Waals surface area contributed by atoms with Crippen molar-refractivity contribution in [1.29, 1.82) is 0 Å². The Labute approximate surface area is 328 Å². The Balaban J connectivity index is 1.14. The molecule has 2 aromatic carbocycles. The van der Waals surface area contributed by atoms with Gasteiger partial charge in [0.25, 0.3) is 0 Å². The van der Waals surface area contributed by atoms with Gasteiger partial charge in [-0.25, -0.2) is 37.4 Å². The molecule has 8 aromatic rings. The largest absolute Gasteiger partial charge is 0.417 e. The minimum atomic E-state index is -4.64. The Morgan fingerprint density at radius 2 is 1.00 bits per heavy atom. The second kappa shape index (κ2) is 14.2. The van der Waals surface area contributed by atoms with Crippen molar-refractivity contribution in [3.05, 3.63) is 143 Å². The standard InChI is InChI=1S/C38H22Cl2F6N8O2S/c39-25-5-1-3-21(15-25)35-33(29-9-7-23(37(41,42)43)17-53(29)51-35)27-11-13-47-31(49-27)19-57(55,56)20-32-48-14-12-28(50-32)34-30-10-8-24(38(44,45)46)18-54(30)52-36(34)22-4-2-6-26(40)16-22/h1-18H,19-20H2. The van der Waals surface area contributed by atoms with Crippen LogP contribution < -0.4 is 0 Å². The van der Waals surface area contributed by atoms with Gasteiger partial charge in [-0.15, -0.1) is 0 Å². The lowest BCUT2D eigenvalue weighted by atomic mass is 10.0. The van der Waals surface area contributed by atoms with E-state index in [-0.39, 0.29) is 45.5 Å². The number of hydrogen-bond donors (Lipinski definition) is 0. The van der Waals surface area contributed by atoms with Crippen molar-refractivity contribution in [1.82, 2.24) is 39.2 Å². The molecule has 0 amide bonds. The molecule has 0 spiro atoms. The van der Waals surface area contributed by atoms with E-state index in [1.165, 1.54) is 36.7 Å². The summed E-state index contributed by atoms with van der Waals surface area (Å²) in [7, 11) is -4.10. The molecule has 6 heterocycles. The van der Waals surface area contributed by atoms with Crippen LogP contribution in [0.2, 0.25) is 10.0 Å².